The second-order valence-corrected chi connectivity index (χ2v) is 12.3. The summed E-state index contributed by atoms with van der Waals surface area (Å²) in [7, 11) is 5.54. The largest absolute Gasteiger partial charge is 0.497 e. The first-order chi connectivity index (χ1) is 22.5. The minimum atomic E-state index is -4.80. The third-order valence-electron chi connectivity index (χ3n) is 8.98. The van der Waals surface area contributed by atoms with Crippen molar-refractivity contribution in [3.05, 3.63) is 83.3 Å². The number of carbonyl (C=O) groups excluding carboxylic acids is 1. The van der Waals surface area contributed by atoms with Crippen molar-refractivity contribution in [3.8, 4) is 17.0 Å². The van der Waals surface area contributed by atoms with Crippen LogP contribution in [0, 0.1) is 5.82 Å². The Hall–Kier alpha value is -4.52. The highest BCUT2D eigenvalue weighted by Gasteiger charge is 2.36. The second kappa shape index (κ2) is 13.3. The van der Waals surface area contributed by atoms with Gasteiger partial charge in [0.2, 0.25) is 0 Å². The van der Waals surface area contributed by atoms with Crippen LogP contribution in [0.4, 0.5) is 29.2 Å². The average Bonchev–Trinajstić information content (AvgIpc) is 3.65. The van der Waals surface area contributed by atoms with Gasteiger partial charge in [-0.05, 0) is 62.8 Å². The Balaban J connectivity index is 1.22. The van der Waals surface area contributed by atoms with E-state index in [1.54, 1.807) is 19.6 Å². The van der Waals surface area contributed by atoms with Crippen molar-refractivity contribution in [1.82, 2.24) is 24.4 Å². The van der Waals surface area contributed by atoms with Gasteiger partial charge in [-0.2, -0.15) is 13.2 Å². The number of nitrogens with zero attached hydrogens (tertiary/aromatic N) is 7. The topological polar surface area (TPSA) is 79.6 Å². The van der Waals surface area contributed by atoms with E-state index in [0.717, 1.165) is 72.1 Å². The fourth-order valence-electron chi connectivity index (χ4n) is 6.45. The summed E-state index contributed by atoms with van der Waals surface area (Å²) in [4.78, 5) is 32.5. The van der Waals surface area contributed by atoms with Gasteiger partial charge in [0.25, 0.3) is 0 Å². The van der Waals surface area contributed by atoms with Gasteiger partial charge in [-0.3, -0.25) is 0 Å². The number of ether oxygens (including phenoxy) is 1. The first kappa shape index (κ1) is 32.4. The zero-order chi connectivity index (χ0) is 33.3. The van der Waals surface area contributed by atoms with E-state index in [9.17, 15) is 22.4 Å². The molecule has 0 N–H and O–H groups in total. The molecule has 1 saturated heterocycles. The normalized spacial score (nSPS) is 17.0. The molecule has 0 spiro atoms. The van der Waals surface area contributed by atoms with Crippen molar-refractivity contribution < 1.29 is 27.1 Å². The zero-order valence-corrected chi connectivity index (χ0v) is 26.5. The molecule has 0 bridgehead atoms. The number of likely N-dealkylation sites (N-methyl/N-ethyl adjacent to an activating group) is 1. The van der Waals surface area contributed by atoms with Crippen molar-refractivity contribution >= 4 is 17.9 Å². The van der Waals surface area contributed by atoms with Crippen molar-refractivity contribution in [2.24, 2.45) is 0 Å². The molecule has 47 heavy (non-hydrogen) atoms. The van der Waals surface area contributed by atoms with Gasteiger partial charge in [0.1, 0.15) is 41.6 Å². The molecule has 2 aromatic carbocycles. The van der Waals surface area contributed by atoms with E-state index in [2.05, 4.69) is 14.9 Å². The number of hydrogen-bond donors (Lipinski definition) is 0. The van der Waals surface area contributed by atoms with Gasteiger partial charge in [-0.15, -0.1) is 0 Å². The number of alkyl halides is 3. The summed E-state index contributed by atoms with van der Waals surface area (Å²) in [5, 5.41) is 0. The van der Waals surface area contributed by atoms with Crippen LogP contribution in [-0.4, -0.2) is 77.6 Å². The van der Waals surface area contributed by atoms with E-state index in [0.29, 0.717) is 38.3 Å². The molecule has 0 amide bonds. The predicted octanol–water partition coefficient (Wildman–Crippen LogP) is 5.58. The van der Waals surface area contributed by atoms with Crippen LogP contribution in [0.15, 0.2) is 55.0 Å². The first-order valence-corrected chi connectivity index (χ1v) is 15.6. The van der Waals surface area contributed by atoms with Gasteiger partial charge in [0.05, 0.1) is 24.4 Å². The number of anilines is 2. The monoisotopic (exact) mass is 651 g/mol. The number of carbonyl (C=O) groups is 1. The summed E-state index contributed by atoms with van der Waals surface area (Å²) in [6, 6.07) is 10.4. The minimum absolute atomic E-state index is 0.0638. The first-order valence-electron chi connectivity index (χ1n) is 15.6. The third kappa shape index (κ3) is 6.80. The summed E-state index contributed by atoms with van der Waals surface area (Å²) >= 11 is 0. The van der Waals surface area contributed by atoms with Crippen LogP contribution >= 0.6 is 0 Å². The van der Waals surface area contributed by atoms with Crippen molar-refractivity contribution in [3.63, 3.8) is 0 Å². The van der Waals surface area contributed by atoms with Gasteiger partial charge in [-0.1, -0.05) is 12.1 Å². The van der Waals surface area contributed by atoms with E-state index >= 15 is 0 Å². The highest BCUT2D eigenvalue weighted by atomic mass is 19.4. The van der Waals surface area contributed by atoms with Crippen molar-refractivity contribution in [2.75, 3.05) is 50.6 Å². The highest BCUT2D eigenvalue weighted by molar-refractivity contribution is 5.75. The highest BCUT2D eigenvalue weighted by Crippen LogP contribution is 2.39. The number of aldehydes is 1. The molecule has 0 saturated carbocycles. The summed E-state index contributed by atoms with van der Waals surface area (Å²) in [5.41, 5.74) is 1.29. The lowest BCUT2D eigenvalue weighted by molar-refractivity contribution is -0.139. The molecule has 0 radical (unpaired) electrons. The van der Waals surface area contributed by atoms with E-state index < -0.39 is 17.6 Å². The lowest BCUT2D eigenvalue weighted by Gasteiger charge is -2.33. The average molecular weight is 652 g/mol. The van der Waals surface area contributed by atoms with Crippen LogP contribution in [-0.2, 0) is 30.5 Å². The smallest absolute Gasteiger partial charge is 0.419 e. The number of halogens is 4. The molecule has 13 heteroatoms. The predicted molar refractivity (Wildman–Crippen MR) is 170 cm³/mol. The number of imidazole rings is 1. The number of methoxy groups -OCH3 is 1. The third-order valence-corrected chi connectivity index (χ3v) is 8.98. The fraction of sp³-hybridized carbons (Fsp3) is 0.412. The number of hydrogen-bond acceptors (Lipinski definition) is 8. The molecular formula is C34H37F4N7O2. The van der Waals surface area contributed by atoms with Gasteiger partial charge in [0, 0.05) is 62.4 Å². The Morgan fingerprint density at radius 1 is 1.04 bits per heavy atom. The second-order valence-electron chi connectivity index (χ2n) is 12.3. The Labute approximate surface area is 270 Å². The zero-order valence-electron chi connectivity index (χ0n) is 26.5. The molecule has 4 heterocycles. The van der Waals surface area contributed by atoms with Crippen molar-refractivity contribution in [2.45, 2.75) is 50.5 Å². The van der Waals surface area contributed by atoms with Gasteiger partial charge >= 0.3 is 6.18 Å². The molecule has 2 aliphatic rings. The number of piperidine rings is 1. The van der Waals surface area contributed by atoms with Crippen LogP contribution < -0.4 is 14.5 Å². The molecule has 9 nitrogen and oxygen atoms in total. The standard InChI is InChI=1S/C34H37F4N7O2/c1-42(2)14-15-44-19-30(24-6-9-29(35)28(16-24)34(36,37)38)41-31(44)23-10-12-43(13-11-23)32-27-17-25(20-46)45(33(27)40-21-39-32)18-22-4-7-26(47-3)8-5-22/h4-9,16,19-21,23,25H,10-15,17-18H2,1-3H3. The molecular weight excluding hydrogens is 614 g/mol. The lowest BCUT2D eigenvalue weighted by atomic mass is 9.95. The Kier molecular flexibility index (Phi) is 9.18. The van der Waals surface area contributed by atoms with Gasteiger partial charge in [-0.25, -0.2) is 19.3 Å². The Bertz CT molecular complexity index is 1720. The maximum atomic E-state index is 14.0. The minimum Gasteiger partial charge on any atom is -0.497 e. The van der Waals surface area contributed by atoms with E-state index in [1.807, 2.05) is 52.7 Å². The SMILES string of the molecule is COc1ccc(CN2c3ncnc(N4CCC(c5nc(-c6ccc(F)c(C(F)(F)F)c6)cn5CCN(C)C)CC4)c3CC2C=O)cc1. The maximum Gasteiger partial charge on any atom is 0.419 e. The molecule has 248 valence electrons. The summed E-state index contributed by atoms with van der Waals surface area (Å²) < 4.78 is 61.7. The van der Waals surface area contributed by atoms with Crippen LogP contribution in [0.3, 0.4) is 0 Å². The fourth-order valence-corrected chi connectivity index (χ4v) is 6.45. The van der Waals surface area contributed by atoms with Crippen LogP contribution in [0.1, 0.15) is 41.3 Å². The number of aromatic nitrogens is 4. The molecule has 2 aromatic heterocycles. The Morgan fingerprint density at radius 3 is 2.43 bits per heavy atom. The maximum absolute atomic E-state index is 14.0. The van der Waals surface area contributed by atoms with E-state index in [4.69, 9.17) is 9.72 Å². The molecule has 4 aromatic rings. The summed E-state index contributed by atoms with van der Waals surface area (Å²) in [6.45, 7) is 3.22. The molecule has 2 aliphatic heterocycles. The lowest BCUT2D eigenvalue weighted by Crippen LogP contribution is -2.35. The molecule has 1 atom stereocenters. The molecule has 1 fully saturated rings. The number of fused-ring (bicyclic) bond motifs is 1. The number of benzene rings is 2. The number of rotatable bonds is 10. The van der Waals surface area contributed by atoms with Crippen LogP contribution in [0.5, 0.6) is 5.75 Å². The molecule has 6 rings (SSSR count). The van der Waals surface area contributed by atoms with Crippen LogP contribution in [0.25, 0.3) is 11.3 Å². The summed E-state index contributed by atoms with van der Waals surface area (Å²) in [5.74, 6) is 1.90. The van der Waals surface area contributed by atoms with E-state index in [-0.39, 0.29) is 17.5 Å². The Morgan fingerprint density at radius 2 is 1.77 bits per heavy atom. The molecule has 0 aliphatic carbocycles. The molecule has 1 unspecified atom stereocenters. The quantitative estimate of drug-likeness (QED) is 0.163. The van der Waals surface area contributed by atoms with Gasteiger partial charge in [0.15, 0.2) is 0 Å². The van der Waals surface area contributed by atoms with Crippen LogP contribution in [0.2, 0.25) is 0 Å². The van der Waals surface area contributed by atoms with Gasteiger partial charge < -0.3 is 28.8 Å². The van der Waals surface area contributed by atoms with E-state index in [1.165, 1.54) is 6.07 Å². The van der Waals surface area contributed by atoms with Crippen molar-refractivity contribution in [1.29, 1.82) is 0 Å². The summed E-state index contributed by atoms with van der Waals surface area (Å²) in [6.07, 6.45) is 1.50.